The minimum atomic E-state index is 0. The van der Waals surface area contributed by atoms with Crippen molar-refractivity contribution in [1.29, 1.82) is 0 Å². The van der Waals surface area contributed by atoms with Crippen molar-refractivity contribution in [3.05, 3.63) is 36.0 Å². The van der Waals surface area contributed by atoms with Gasteiger partial charge in [0.1, 0.15) is 0 Å². The molecular weight excluding hydrogens is 141 g/mol. The van der Waals surface area contributed by atoms with Gasteiger partial charge < -0.3 is 4.57 Å². The van der Waals surface area contributed by atoms with Gasteiger partial charge in [0.05, 0.1) is 0 Å². The first-order valence-electron chi connectivity index (χ1n) is 3.71. The molecule has 1 aromatic carbocycles. The summed E-state index contributed by atoms with van der Waals surface area (Å²) >= 11 is 0. The molecule has 0 saturated carbocycles. The van der Waals surface area contributed by atoms with Gasteiger partial charge in [0.25, 0.3) is 0 Å². The number of aryl methyl sites for hydroxylation is 2. The Morgan fingerprint density at radius 3 is 2.83 bits per heavy atom. The Kier molecular flexibility index (Phi) is 2.67. The van der Waals surface area contributed by atoms with Crippen LogP contribution < -0.4 is 18.9 Å². The Morgan fingerprint density at radius 2 is 2.17 bits per heavy atom. The van der Waals surface area contributed by atoms with Gasteiger partial charge in [0.2, 0.25) is 0 Å². The normalized spacial score (nSPS) is 9.83. The van der Waals surface area contributed by atoms with Crippen molar-refractivity contribution < 1.29 is 18.9 Å². The minimum absolute atomic E-state index is 0. The van der Waals surface area contributed by atoms with Crippen molar-refractivity contribution in [2.75, 3.05) is 0 Å². The zero-order valence-corrected chi connectivity index (χ0v) is 7.76. The number of nitrogens with zero attached hydrogens (tertiary/aromatic N) is 1. The second-order valence-corrected chi connectivity index (χ2v) is 2.83. The number of benzene rings is 1. The van der Waals surface area contributed by atoms with Gasteiger partial charge in [0, 0.05) is 12.7 Å². The van der Waals surface area contributed by atoms with E-state index in [0.717, 1.165) is 0 Å². The Hall–Kier alpha value is -0.643. The first-order chi connectivity index (χ1) is 5.29. The molecule has 12 heavy (non-hydrogen) atoms. The molecule has 1 heterocycles. The SMILES string of the molecule is Cc1cc2c[c-]ccc2n1C.[Li+]. The predicted octanol–water partition coefficient (Wildman–Crippen LogP) is -0.709. The number of fused-ring (bicyclic) bond motifs is 1. The molecule has 1 nitrogen and oxygen atoms in total. The standard InChI is InChI=1S/C10H10N.Li/c1-8-7-9-5-3-4-6-10(9)11(8)2;/h4-7H,1-2H3;/q-1;+1. The van der Waals surface area contributed by atoms with E-state index in [1.165, 1.54) is 16.6 Å². The predicted molar refractivity (Wildman–Crippen MR) is 46.5 cm³/mol. The molecule has 0 amide bonds. The van der Waals surface area contributed by atoms with Crippen molar-refractivity contribution in [2.24, 2.45) is 7.05 Å². The maximum absolute atomic E-state index is 3.06. The minimum Gasteiger partial charge on any atom is -0.372 e. The summed E-state index contributed by atoms with van der Waals surface area (Å²) in [5.41, 5.74) is 2.57. The van der Waals surface area contributed by atoms with Crippen molar-refractivity contribution in [1.82, 2.24) is 4.57 Å². The summed E-state index contributed by atoms with van der Waals surface area (Å²) < 4.78 is 2.18. The zero-order chi connectivity index (χ0) is 7.84. The quantitative estimate of drug-likeness (QED) is 0.346. The molecule has 0 aliphatic heterocycles. The zero-order valence-electron chi connectivity index (χ0n) is 7.76. The van der Waals surface area contributed by atoms with E-state index < -0.39 is 0 Å². The molecule has 0 atom stereocenters. The Balaban J connectivity index is 0.000000720. The molecule has 0 aliphatic rings. The van der Waals surface area contributed by atoms with Crippen LogP contribution in [0.3, 0.4) is 0 Å². The van der Waals surface area contributed by atoms with E-state index in [-0.39, 0.29) is 18.9 Å². The van der Waals surface area contributed by atoms with Gasteiger partial charge in [-0.2, -0.15) is 18.2 Å². The first kappa shape index (κ1) is 9.45. The van der Waals surface area contributed by atoms with Crippen molar-refractivity contribution in [2.45, 2.75) is 6.92 Å². The average molecular weight is 151 g/mol. The molecule has 0 aliphatic carbocycles. The van der Waals surface area contributed by atoms with Gasteiger partial charge >= 0.3 is 18.9 Å². The van der Waals surface area contributed by atoms with E-state index in [4.69, 9.17) is 0 Å². The first-order valence-corrected chi connectivity index (χ1v) is 3.71. The molecule has 0 N–H and O–H groups in total. The molecule has 0 bridgehead atoms. The number of hydrogen-bond acceptors (Lipinski definition) is 0. The van der Waals surface area contributed by atoms with Gasteiger partial charge in [-0.25, -0.2) is 0 Å². The average Bonchev–Trinajstić information content (AvgIpc) is 2.30. The Labute approximate surface area is 84.6 Å². The molecule has 2 rings (SSSR count). The van der Waals surface area contributed by atoms with E-state index in [9.17, 15) is 0 Å². The van der Waals surface area contributed by atoms with Crippen LogP contribution in [0.25, 0.3) is 10.9 Å². The molecule has 0 radical (unpaired) electrons. The summed E-state index contributed by atoms with van der Waals surface area (Å²) in [4.78, 5) is 0. The molecule has 2 aromatic rings. The largest absolute Gasteiger partial charge is 1.00 e. The maximum atomic E-state index is 3.06. The van der Waals surface area contributed by atoms with Gasteiger partial charge in [0.15, 0.2) is 0 Å². The molecule has 1 aromatic heterocycles. The molecule has 0 spiro atoms. The van der Waals surface area contributed by atoms with Gasteiger partial charge in [-0.3, -0.25) is 0 Å². The van der Waals surface area contributed by atoms with E-state index in [0.29, 0.717) is 0 Å². The Bertz CT molecular complexity index is 390. The van der Waals surface area contributed by atoms with E-state index in [1.54, 1.807) is 0 Å². The summed E-state index contributed by atoms with van der Waals surface area (Å²) in [6, 6.07) is 11.3. The molecule has 56 valence electrons. The van der Waals surface area contributed by atoms with Crippen LogP contribution in [0, 0.1) is 13.0 Å². The van der Waals surface area contributed by atoms with Crippen molar-refractivity contribution in [3.8, 4) is 0 Å². The van der Waals surface area contributed by atoms with Crippen LogP contribution in [0.15, 0.2) is 24.3 Å². The summed E-state index contributed by atoms with van der Waals surface area (Å²) in [6.45, 7) is 2.11. The fraction of sp³-hybridized carbons (Fsp3) is 0.200. The number of hydrogen-bond donors (Lipinski definition) is 0. The molecule has 0 unspecified atom stereocenters. The Morgan fingerprint density at radius 1 is 1.42 bits per heavy atom. The summed E-state index contributed by atoms with van der Waals surface area (Å²) in [6.07, 6.45) is 0. The third-order valence-electron chi connectivity index (χ3n) is 2.13. The second-order valence-electron chi connectivity index (χ2n) is 2.83. The third kappa shape index (κ3) is 1.31. The molecular formula is C10H10LiN. The van der Waals surface area contributed by atoms with Crippen LogP contribution in [0.4, 0.5) is 0 Å². The van der Waals surface area contributed by atoms with E-state index in [1.807, 2.05) is 12.1 Å². The fourth-order valence-corrected chi connectivity index (χ4v) is 1.37. The molecule has 0 fully saturated rings. The van der Waals surface area contributed by atoms with E-state index >= 15 is 0 Å². The van der Waals surface area contributed by atoms with Crippen LogP contribution in [-0.2, 0) is 7.05 Å². The van der Waals surface area contributed by atoms with Gasteiger partial charge in [-0.15, -0.1) is 11.5 Å². The van der Waals surface area contributed by atoms with Crippen molar-refractivity contribution >= 4 is 10.9 Å². The topological polar surface area (TPSA) is 4.93 Å². The maximum Gasteiger partial charge on any atom is 1.00 e. The van der Waals surface area contributed by atoms with Gasteiger partial charge in [-0.1, -0.05) is 11.6 Å². The fourth-order valence-electron chi connectivity index (χ4n) is 1.37. The summed E-state index contributed by atoms with van der Waals surface area (Å²) in [5, 5.41) is 1.27. The number of rotatable bonds is 0. The van der Waals surface area contributed by atoms with Crippen molar-refractivity contribution in [3.63, 3.8) is 0 Å². The summed E-state index contributed by atoms with van der Waals surface area (Å²) in [5.74, 6) is 0. The van der Waals surface area contributed by atoms with Gasteiger partial charge in [-0.05, 0) is 6.92 Å². The second kappa shape index (κ2) is 3.39. The van der Waals surface area contributed by atoms with Crippen LogP contribution in [-0.4, -0.2) is 4.57 Å². The number of aromatic nitrogens is 1. The summed E-state index contributed by atoms with van der Waals surface area (Å²) in [7, 11) is 2.08. The molecule has 0 saturated heterocycles. The monoisotopic (exact) mass is 151 g/mol. The van der Waals surface area contributed by atoms with Crippen LogP contribution in [0.5, 0.6) is 0 Å². The van der Waals surface area contributed by atoms with Crippen LogP contribution in [0.1, 0.15) is 5.69 Å². The smallest absolute Gasteiger partial charge is 0.372 e. The van der Waals surface area contributed by atoms with Crippen LogP contribution >= 0.6 is 0 Å². The van der Waals surface area contributed by atoms with Crippen LogP contribution in [0.2, 0.25) is 0 Å². The van der Waals surface area contributed by atoms with E-state index in [2.05, 4.69) is 36.7 Å². The molecule has 2 heteroatoms. The third-order valence-corrected chi connectivity index (χ3v) is 2.13.